The molecule has 0 amide bonds. The topological polar surface area (TPSA) is 64.9 Å². The van der Waals surface area contributed by atoms with E-state index in [4.69, 9.17) is 9.72 Å². The average Bonchev–Trinajstić information content (AvgIpc) is 3.10. The van der Waals surface area contributed by atoms with Crippen molar-refractivity contribution in [2.75, 3.05) is 18.5 Å². The van der Waals surface area contributed by atoms with Crippen LogP contribution in [-0.4, -0.2) is 39.0 Å². The fraction of sp³-hybridized carbons (Fsp3) is 0.350. The lowest BCUT2D eigenvalue weighted by Crippen LogP contribution is -2.40. The van der Waals surface area contributed by atoms with E-state index in [1.165, 1.54) is 0 Å². The molecular formula is C20H23N5O. The Hall–Kier alpha value is -2.73. The maximum Gasteiger partial charge on any atom is 0.0738 e. The van der Waals surface area contributed by atoms with E-state index in [2.05, 4.69) is 34.5 Å². The van der Waals surface area contributed by atoms with Gasteiger partial charge in [-0.2, -0.15) is 5.10 Å². The molecule has 4 heterocycles. The molecule has 0 unspecified atom stereocenters. The minimum Gasteiger partial charge on any atom is -0.377 e. The average molecular weight is 349 g/mol. The van der Waals surface area contributed by atoms with Crippen LogP contribution in [0.2, 0.25) is 0 Å². The first kappa shape index (κ1) is 16.7. The standard InChI is InChI=1S/C20H23N5O/c1-3-4-16-9-18(7-8-21-16)25-11-15(10-22-25)20-6-5-19(14(2)23-20)24-17-12-26-13-17/h5-11,17,24H,3-4,12-13H2,1-2H3. The summed E-state index contributed by atoms with van der Waals surface area (Å²) in [5.74, 6) is 0. The van der Waals surface area contributed by atoms with Crippen molar-refractivity contribution in [2.45, 2.75) is 32.7 Å². The number of aryl methyl sites for hydroxylation is 2. The molecule has 134 valence electrons. The van der Waals surface area contributed by atoms with Crippen molar-refractivity contribution in [1.29, 1.82) is 0 Å². The normalized spacial score (nSPS) is 14.2. The number of pyridine rings is 2. The molecule has 0 aromatic carbocycles. The summed E-state index contributed by atoms with van der Waals surface area (Å²) in [6.45, 7) is 5.71. The third kappa shape index (κ3) is 3.46. The van der Waals surface area contributed by atoms with Crippen LogP contribution in [0.3, 0.4) is 0 Å². The summed E-state index contributed by atoms with van der Waals surface area (Å²) in [6.07, 6.45) is 7.77. The zero-order valence-corrected chi connectivity index (χ0v) is 15.1. The molecule has 0 atom stereocenters. The van der Waals surface area contributed by atoms with Gasteiger partial charge in [-0.05, 0) is 37.6 Å². The molecule has 6 heteroatoms. The van der Waals surface area contributed by atoms with Crippen molar-refractivity contribution < 1.29 is 4.74 Å². The van der Waals surface area contributed by atoms with Crippen LogP contribution in [0.1, 0.15) is 24.7 Å². The third-order valence-electron chi connectivity index (χ3n) is 4.53. The van der Waals surface area contributed by atoms with Gasteiger partial charge in [0, 0.05) is 23.7 Å². The van der Waals surface area contributed by atoms with Crippen LogP contribution in [0, 0.1) is 6.92 Å². The highest BCUT2D eigenvalue weighted by molar-refractivity contribution is 5.62. The van der Waals surface area contributed by atoms with Crippen LogP contribution >= 0.6 is 0 Å². The van der Waals surface area contributed by atoms with Crippen molar-refractivity contribution >= 4 is 5.69 Å². The molecule has 26 heavy (non-hydrogen) atoms. The molecule has 0 saturated carbocycles. The minimum absolute atomic E-state index is 0.396. The molecule has 1 aliphatic heterocycles. The van der Waals surface area contributed by atoms with Crippen LogP contribution < -0.4 is 5.32 Å². The first-order valence-corrected chi connectivity index (χ1v) is 9.05. The van der Waals surface area contributed by atoms with E-state index in [0.29, 0.717) is 6.04 Å². The lowest BCUT2D eigenvalue weighted by Gasteiger charge is -2.28. The predicted molar refractivity (Wildman–Crippen MR) is 102 cm³/mol. The van der Waals surface area contributed by atoms with Crippen molar-refractivity contribution in [3.05, 3.63) is 54.2 Å². The van der Waals surface area contributed by atoms with Gasteiger partial charge in [0.2, 0.25) is 0 Å². The van der Waals surface area contributed by atoms with Gasteiger partial charge in [-0.1, -0.05) is 13.3 Å². The maximum absolute atomic E-state index is 5.21. The second kappa shape index (κ2) is 7.25. The van der Waals surface area contributed by atoms with Gasteiger partial charge < -0.3 is 10.1 Å². The van der Waals surface area contributed by atoms with Gasteiger partial charge in [0.05, 0.1) is 48.2 Å². The summed E-state index contributed by atoms with van der Waals surface area (Å²) >= 11 is 0. The molecular weight excluding hydrogens is 326 g/mol. The number of hydrogen-bond acceptors (Lipinski definition) is 5. The number of rotatable bonds is 6. The lowest BCUT2D eigenvalue weighted by molar-refractivity contribution is 0.0211. The molecule has 0 aliphatic carbocycles. The predicted octanol–water partition coefficient (Wildman–Crippen LogP) is 3.40. The van der Waals surface area contributed by atoms with E-state index in [-0.39, 0.29) is 0 Å². The van der Waals surface area contributed by atoms with Gasteiger partial charge >= 0.3 is 0 Å². The molecule has 6 nitrogen and oxygen atoms in total. The molecule has 0 bridgehead atoms. The summed E-state index contributed by atoms with van der Waals surface area (Å²) < 4.78 is 7.09. The molecule has 1 N–H and O–H groups in total. The van der Waals surface area contributed by atoms with E-state index in [1.807, 2.05) is 42.3 Å². The summed E-state index contributed by atoms with van der Waals surface area (Å²) in [5, 5.41) is 7.96. The largest absolute Gasteiger partial charge is 0.377 e. The number of ether oxygens (including phenoxy) is 1. The van der Waals surface area contributed by atoms with Gasteiger partial charge in [-0.25, -0.2) is 4.68 Å². The SMILES string of the molecule is CCCc1cc(-n2cc(-c3ccc(NC4COC4)c(C)n3)cn2)ccn1. The molecule has 1 fully saturated rings. The highest BCUT2D eigenvalue weighted by Gasteiger charge is 2.19. The molecule has 0 spiro atoms. The second-order valence-corrected chi connectivity index (χ2v) is 6.64. The Balaban J connectivity index is 1.55. The van der Waals surface area contributed by atoms with Crippen molar-refractivity contribution in [3.8, 4) is 16.9 Å². The smallest absolute Gasteiger partial charge is 0.0738 e. The molecule has 1 saturated heterocycles. The van der Waals surface area contributed by atoms with Crippen LogP contribution in [0.15, 0.2) is 42.9 Å². The van der Waals surface area contributed by atoms with Gasteiger partial charge in [-0.15, -0.1) is 0 Å². The van der Waals surface area contributed by atoms with Gasteiger partial charge in [0.15, 0.2) is 0 Å². The third-order valence-corrected chi connectivity index (χ3v) is 4.53. The summed E-state index contributed by atoms with van der Waals surface area (Å²) in [4.78, 5) is 9.15. The van der Waals surface area contributed by atoms with Gasteiger partial charge in [0.1, 0.15) is 0 Å². The summed E-state index contributed by atoms with van der Waals surface area (Å²) in [7, 11) is 0. The van der Waals surface area contributed by atoms with Crippen LogP contribution in [0.4, 0.5) is 5.69 Å². The lowest BCUT2D eigenvalue weighted by atomic mass is 10.1. The van der Waals surface area contributed by atoms with Crippen molar-refractivity contribution in [2.24, 2.45) is 0 Å². The van der Waals surface area contributed by atoms with Crippen molar-refractivity contribution in [3.63, 3.8) is 0 Å². The number of nitrogens with zero attached hydrogens (tertiary/aromatic N) is 4. The highest BCUT2D eigenvalue weighted by atomic mass is 16.5. The molecule has 3 aromatic rings. The monoisotopic (exact) mass is 349 g/mol. The number of hydrogen-bond donors (Lipinski definition) is 1. The van der Waals surface area contributed by atoms with E-state index >= 15 is 0 Å². The zero-order valence-electron chi connectivity index (χ0n) is 15.1. The Morgan fingerprint density at radius 1 is 1.27 bits per heavy atom. The summed E-state index contributed by atoms with van der Waals surface area (Å²) in [5.41, 5.74) is 6.08. The number of anilines is 1. The number of nitrogens with one attached hydrogen (secondary N) is 1. The van der Waals surface area contributed by atoms with E-state index in [1.54, 1.807) is 0 Å². The van der Waals surface area contributed by atoms with Crippen molar-refractivity contribution in [1.82, 2.24) is 19.7 Å². The van der Waals surface area contributed by atoms with Crippen LogP contribution in [0.5, 0.6) is 0 Å². The number of aromatic nitrogens is 4. The molecule has 4 rings (SSSR count). The Bertz CT molecular complexity index is 901. The highest BCUT2D eigenvalue weighted by Crippen LogP contribution is 2.23. The molecule has 1 aliphatic rings. The fourth-order valence-electron chi connectivity index (χ4n) is 3.01. The first-order valence-electron chi connectivity index (χ1n) is 9.05. The quantitative estimate of drug-likeness (QED) is 0.739. The van der Waals surface area contributed by atoms with Crippen LogP contribution in [0.25, 0.3) is 16.9 Å². The Morgan fingerprint density at radius 3 is 2.88 bits per heavy atom. The molecule has 3 aromatic heterocycles. The Kier molecular flexibility index (Phi) is 4.67. The second-order valence-electron chi connectivity index (χ2n) is 6.64. The van der Waals surface area contributed by atoms with E-state index in [0.717, 1.165) is 60.1 Å². The Morgan fingerprint density at radius 2 is 2.15 bits per heavy atom. The van der Waals surface area contributed by atoms with Gasteiger partial charge in [-0.3, -0.25) is 9.97 Å². The van der Waals surface area contributed by atoms with Crippen LogP contribution in [-0.2, 0) is 11.2 Å². The molecule has 0 radical (unpaired) electrons. The summed E-state index contributed by atoms with van der Waals surface area (Å²) in [6, 6.07) is 8.58. The first-order chi connectivity index (χ1) is 12.7. The van der Waals surface area contributed by atoms with E-state index in [9.17, 15) is 0 Å². The maximum atomic E-state index is 5.21. The van der Waals surface area contributed by atoms with Gasteiger partial charge in [0.25, 0.3) is 0 Å². The minimum atomic E-state index is 0.396. The fourth-order valence-corrected chi connectivity index (χ4v) is 3.01. The van der Waals surface area contributed by atoms with E-state index < -0.39 is 0 Å². The zero-order chi connectivity index (χ0) is 17.9. The Labute approximate surface area is 153 Å².